The molecule has 11 nitrogen and oxygen atoms in total. The van der Waals surface area contributed by atoms with E-state index in [9.17, 15) is 45.2 Å². The average molecular weight is 580 g/mol. The molecule has 0 spiro atoms. The summed E-state index contributed by atoms with van der Waals surface area (Å²) in [6.07, 6.45) is 0.361. The van der Waals surface area contributed by atoms with Crippen LogP contribution in [0.25, 0.3) is 0 Å². The lowest BCUT2D eigenvalue weighted by molar-refractivity contribution is -0.140. The Morgan fingerprint density at radius 3 is 2.26 bits per heavy atom. The van der Waals surface area contributed by atoms with Crippen LogP contribution in [-0.2, 0) is 24.4 Å². The lowest BCUT2D eigenvalue weighted by Gasteiger charge is -2.22. The van der Waals surface area contributed by atoms with E-state index in [0.717, 1.165) is 4.57 Å². The van der Waals surface area contributed by atoms with Gasteiger partial charge in [-0.15, -0.1) is 0 Å². The quantitative estimate of drug-likeness (QED) is 0.227. The maximum absolute atomic E-state index is 13.8. The SMILES string of the molecule is CCCS(=O)(=O)Nc1cccn([C@H](CC)C(=O)NC(CC(=O)O)C(=O)COc2c(F)c(F)cc(F)c2F)c1=O. The second-order valence-electron chi connectivity index (χ2n) is 8.19. The molecular weight excluding hydrogens is 554 g/mol. The number of ether oxygens (including phenoxy) is 1. The molecule has 1 amide bonds. The standard InChI is InChI=1S/C23H25F4N3O8S/c1-3-8-39(36,37)29-14-6-5-7-30(23(14)35)16(4-2)22(34)28-15(10-18(32)33)17(31)11-38-21-19(26)12(24)9-13(25)20(21)27/h5-7,9,15-16,29H,3-4,8,10-11H2,1-2H3,(H,28,34)(H,32,33)/t15?,16-/m1/s1. The summed E-state index contributed by atoms with van der Waals surface area (Å²) in [5, 5.41) is 11.3. The van der Waals surface area contributed by atoms with Gasteiger partial charge in [0, 0.05) is 12.3 Å². The number of hydrogen-bond donors (Lipinski definition) is 3. The third-order valence-corrected chi connectivity index (χ3v) is 6.73. The summed E-state index contributed by atoms with van der Waals surface area (Å²) < 4.78 is 86.1. The molecule has 0 fully saturated rings. The van der Waals surface area contributed by atoms with E-state index in [-0.39, 0.29) is 30.3 Å². The van der Waals surface area contributed by atoms with E-state index in [1.165, 1.54) is 25.3 Å². The highest BCUT2D eigenvalue weighted by Gasteiger charge is 2.30. The molecule has 0 saturated carbocycles. The van der Waals surface area contributed by atoms with E-state index >= 15 is 0 Å². The maximum atomic E-state index is 13.8. The fraction of sp³-hybridized carbons (Fsp3) is 0.391. The Balaban J connectivity index is 2.28. The Morgan fingerprint density at radius 1 is 1.10 bits per heavy atom. The van der Waals surface area contributed by atoms with Crippen LogP contribution < -0.4 is 20.3 Å². The number of benzene rings is 1. The van der Waals surface area contributed by atoms with Gasteiger partial charge in [-0.25, -0.2) is 17.2 Å². The van der Waals surface area contributed by atoms with Crippen molar-refractivity contribution in [3.63, 3.8) is 0 Å². The molecule has 1 heterocycles. The summed E-state index contributed by atoms with van der Waals surface area (Å²) >= 11 is 0. The molecular formula is C23H25F4N3O8S. The lowest BCUT2D eigenvalue weighted by Crippen LogP contribution is -2.48. The van der Waals surface area contributed by atoms with Crippen molar-refractivity contribution >= 4 is 33.4 Å². The van der Waals surface area contributed by atoms with Gasteiger partial charge in [0.1, 0.15) is 24.4 Å². The minimum absolute atomic E-state index is 0.0691. The van der Waals surface area contributed by atoms with Crippen LogP contribution >= 0.6 is 0 Å². The number of pyridine rings is 1. The number of carboxylic acids is 1. The highest BCUT2D eigenvalue weighted by atomic mass is 32.2. The monoisotopic (exact) mass is 579 g/mol. The Bertz CT molecular complexity index is 1390. The first-order valence-corrected chi connectivity index (χ1v) is 13.1. The van der Waals surface area contributed by atoms with Crippen LogP contribution in [0.5, 0.6) is 5.75 Å². The Hall–Kier alpha value is -3.95. The lowest BCUT2D eigenvalue weighted by atomic mass is 10.1. The normalized spacial score (nSPS) is 12.9. The van der Waals surface area contributed by atoms with Gasteiger partial charge in [-0.1, -0.05) is 13.8 Å². The zero-order valence-corrected chi connectivity index (χ0v) is 21.5. The smallest absolute Gasteiger partial charge is 0.305 e. The molecule has 1 unspecified atom stereocenters. The van der Waals surface area contributed by atoms with Crippen molar-refractivity contribution < 1.29 is 50.2 Å². The zero-order valence-electron chi connectivity index (χ0n) is 20.7. The van der Waals surface area contributed by atoms with E-state index < -0.39 is 87.4 Å². The van der Waals surface area contributed by atoms with E-state index in [2.05, 4.69) is 14.8 Å². The van der Waals surface area contributed by atoms with Gasteiger partial charge in [0.15, 0.2) is 23.2 Å². The summed E-state index contributed by atoms with van der Waals surface area (Å²) in [5.74, 6) is -13.1. The van der Waals surface area contributed by atoms with Crippen molar-refractivity contribution in [3.8, 4) is 5.75 Å². The number of nitrogens with one attached hydrogen (secondary N) is 2. The van der Waals surface area contributed by atoms with Gasteiger partial charge >= 0.3 is 5.97 Å². The highest BCUT2D eigenvalue weighted by molar-refractivity contribution is 7.92. The van der Waals surface area contributed by atoms with E-state index in [4.69, 9.17) is 5.11 Å². The number of hydrogen-bond acceptors (Lipinski definition) is 7. The van der Waals surface area contributed by atoms with Gasteiger partial charge in [0.2, 0.25) is 27.6 Å². The second kappa shape index (κ2) is 13.2. The van der Waals surface area contributed by atoms with Gasteiger partial charge in [-0.05, 0) is 25.0 Å². The Labute approximate surface area is 219 Å². The number of carbonyl (C=O) groups is 3. The Morgan fingerprint density at radius 2 is 1.72 bits per heavy atom. The van der Waals surface area contributed by atoms with Crippen molar-refractivity contribution in [1.29, 1.82) is 0 Å². The fourth-order valence-corrected chi connectivity index (χ4v) is 4.57. The average Bonchev–Trinajstić information content (AvgIpc) is 2.84. The summed E-state index contributed by atoms with van der Waals surface area (Å²) in [7, 11) is -3.85. The van der Waals surface area contributed by atoms with E-state index in [1.54, 1.807) is 6.92 Å². The third-order valence-electron chi connectivity index (χ3n) is 5.25. The number of carbonyl (C=O) groups excluding carboxylic acids is 2. The Kier molecular flexibility index (Phi) is 10.6. The van der Waals surface area contributed by atoms with Gasteiger partial charge in [-0.3, -0.25) is 23.9 Å². The third kappa shape index (κ3) is 8.02. The number of aliphatic carboxylic acids is 1. The van der Waals surface area contributed by atoms with Crippen molar-refractivity contribution in [3.05, 3.63) is 58.0 Å². The van der Waals surface area contributed by atoms with Crippen LogP contribution in [0.2, 0.25) is 0 Å². The number of rotatable bonds is 14. The highest BCUT2D eigenvalue weighted by Crippen LogP contribution is 2.26. The van der Waals surface area contributed by atoms with Gasteiger partial charge in [-0.2, -0.15) is 8.78 Å². The molecule has 2 rings (SSSR count). The molecule has 1 aromatic heterocycles. The van der Waals surface area contributed by atoms with Crippen molar-refractivity contribution in [1.82, 2.24) is 9.88 Å². The van der Waals surface area contributed by atoms with Crippen molar-refractivity contribution in [2.45, 2.75) is 45.2 Å². The van der Waals surface area contributed by atoms with Gasteiger partial charge in [0.25, 0.3) is 5.56 Å². The van der Waals surface area contributed by atoms with Crippen LogP contribution in [-0.4, -0.2) is 54.2 Å². The molecule has 0 radical (unpaired) electrons. The van der Waals surface area contributed by atoms with Crippen LogP contribution in [0.1, 0.15) is 39.2 Å². The number of nitrogens with zero attached hydrogens (tertiary/aromatic N) is 1. The summed E-state index contributed by atoms with van der Waals surface area (Å²) in [6.45, 7) is 1.81. The molecule has 214 valence electrons. The number of aromatic nitrogens is 1. The van der Waals surface area contributed by atoms with Gasteiger partial charge < -0.3 is 19.7 Å². The minimum Gasteiger partial charge on any atom is -0.481 e. The number of carboxylic acid groups (broad SMARTS) is 1. The molecule has 16 heteroatoms. The first-order valence-electron chi connectivity index (χ1n) is 11.4. The van der Waals surface area contributed by atoms with E-state index in [1.807, 2.05) is 0 Å². The molecule has 3 N–H and O–H groups in total. The molecule has 0 aliphatic heterocycles. The topological polar surface area (TPSA) is 161 Å². The predicted octanol–water partition coefficient (Wildman–Crippen LogP) is 2.12. The number of halogens is 4. The second-order valence-corrected chi connectivity index (χ2v) is 10.0. The summed E-state index contributed by atoms with van der Waals surface area (Å²) in [5.41, 5.74) is -1.25. The summed E-state index contributed by atoms with van der Waals surface area (Å²) in [4.78, 5) is 49.7. The number of amides is 1. The molecule has 39 heavy (non-hydrogen) atoms. The van der Waals surface area contributed by atoms with Crippen LogP contribution in [0.4, 0.5) is 23.2 Å². The molecule has 0 aliphatic rings. The minimum atomic E-state index is -3.85. The molecule has 1 aromatic carbocycles. The van der Waals surface area contributed by atoms with Gasteiger partial charge in [0.05, 0.1) is 12.2 Å². The first-order chi connectivity index (χ1) is 18.2. The van der Waals surface area contributed by atoms with Crippen molar-refractivity contribution in [2.75, 3.05) is 17.1 Å². The van der Waals surface area contributed by atoms with Crippen LogP contribution in [0.15, 0.2) is 29.2 Å². The fourth-order valence-electron chi connectivity index (χ4n) is 3.44. The number of sulfonamides is 1. The molecule has 0 saturated heterocycles. The number of ketones is 1. The van der Waals surface area contributed by atoms with Crippen molar-refractivity contribution in [2.24, 2.45) is 0 Å². The maximum Gasteiger partial charge on any atom is 0.305 e. The summed E-state index contributed by atoms with van der Waals surface area (Å²) in [6, 6.07) is -0.793. The predicted molar refractivity (Wildman–Crippen MR) is 129 cm³/mol. The number of anilines is 1. The molecule has 0 bridgehead atoms. The largest absolute Gasteiger partial charge is 0.481 e. The van der Waals surface area contributed by atoms with Crippen LogP contribution in [0, 0.1) is 23.3 Å². The molecule has 2 aromatic rings. The zero-order chi connectivity index (χ0) is 29.5. The molecule has 2 atom stereocenters. The number of Topliss-reactive ketones (excluding diaryl/α,β-unsaturated/α-hetero) is 1. The first kappa shape index (κ1) is 31.3. The van der Waals surface area contributed by atoms with Crippen LogP contribution in [0.3, 0.4) is 0 Å². The molecule has 0 aliphatic carbocycles. The van der Waals surface area contributed by atoms with E-state index in [0.29, 0.717) is 0 Å².